The minimum Gasteiger partial charge on any atom is -0.459 e. The average Bonchev–Trinajstić information content (AvgIpc) is 3.20. The Hall–Kier alpha value is -5.73. The highest BCUT2D eigenvalue weighted by molar-refractivity contribution is 7.90. The Labute approximate surface area is 356 Å². The normalized spacial score (nSPS) is 12.1. The summed E-state index contributed by atoms with van der Waals surface area (Å²) in [6.07, 6.45) is 1.68. The summed E-state index contributed by atoms with van der Waals surface area (Å²) in [6, 6.07) is 22.2. The van der Waals surface area contributed by atoms with Gasteiger partial charge in [0, 0.05) is 20.0 Å². The molecule has 4 aromatic rings. The van der Waals surface area contributed by atoms with Gasteiger partial charge in [-0.25, -0.2) is 36.3 Å². The fourth-order valence-electron chi connectivity index (χ4n) is 5.14. The van der Waals surface area contributed by atoms with Crippen LogP contribution < -0.4 is 30.0 Å². The quantitative estimate of drug-likeness (QED) is 0.0419. The first-order chi connectivity index (χ1) is 28.9. The first kappa shape index (κ1) is 49.6. The number of nitrogens with two attached hydrogens (primary N) is 1. The summed E-state index contributed by atoms with van der Waals surface area (Å²) in [4.78, 5) is 35.6. The zero-order valence-electron chi connectivity index (χ0n) is 34.7. The zero-order valence-corrected chi connectivity index (χ0v) is 36.3. The van der Waals surface area contributed by atoms with E-state index in [4.69, 9.17) is 24.1 Å². The topological polar surface area (TPSA) is 259 Å². The molecule has 0 bridgehead atoms. The number of esters is 2. The number of sulfonamides is 2. The van der Waals surface area contributed by atoms with Crippen molar-refractivity contribution in [1.82, 2.24) is 4.72 Å². The summed E-state index contributed by atoms with van der Waals surface area (Å²) in [5, 5.41) is 30.3. The molecule has 0 aliphatic carbocycles. The molecule has 1 amide bonds. The van der Waals surface area contributed by atoms with Crippen LogP contribution in [0.15, 0.2) is 94.7 Å². The third kappa shape index (κ3) is 16.3. The molecule has 0 radical (unpaired) electrons. The first-order valence-electron chi connectivity index (χ1n) is 19.4. The van der Waals surface area contributed by atoms with E-state index in [2.05, 4.69) is 10.6 Å². The van der Waals surface area contributed by atoms with Crippen LogP contribution in [0.1, 0.15) is 81.0 Å². The highest BCUT2D eigenvalue weighted by Crippen LogP contribution is 2.39. The molecule has 7 N–H and O–H groups in total. The molecule has 2 unspecified atom stereocenters. The molecule has 332 valence electrons. The van der Waals surface area contributed by atoms with E-state index in [1.165, 1.54) is 26.0 Å². The molecule has 61 heavy (non-hydrogen) atoms. The number of anilines is 2. The Morgan fingerprint density at radius 2 is 1.05 bits per heavy atom. The van der Waals surface area contributed by atoms with Crippen molar-refractivity contribution in [2.24, 2.45) is 5.14 Å². The van der Waals surface area contributed by atoms with Gasteiger partial charge in [0.1, 0.15) is 34.5 Å². The highest BCUT2D eigenvalue weighted by Gasteiger charge is 2.28. The van der Waals surface area contributed by atoms with Gasteiger partial charge in [-0.05, 0) is 75.2 Å². The number of carbonyl (C=O) groups excluding carboxylic acids is 3. The van der Waals surface area contributed by atoms with E-state index in [0.717, 1.165) is 44.7 Å². The number of ether oxygens (including phenoxy) is 4. The Morgan fingerprint density at radius 1 is 0.656 bits per heavy atom. The van der Waals surface area contributed by atoms with Crippen LogP contribution in [0.25, 0.3) is 0 Å². The Morgan fingerprint density at radius 3 is 1.41 bits per heavy atom. The molecule has 0 fully saturated rings. The number of amides is 1. The maximum Gasteiger partial charge on any atom is 0.338 e. The maximum absolute atomic E-state index is 12.9. The van der Waals surface area contributed by atoms with E-state index in [-0.39, 0.29) is 46.4 Å². The number of para-hydroxylation sites is 2. The van der Waals surface area contributed by atoms with Gasteiger partial charge in [-0.2, -0.15) is 0 Å². The molecule has 17 nitrogen and oxygen atoms in total. The van der Waals surface area contributed by atoms with Crippen molar-refractivity contribution in [3.8, 4) is 23.0 Å². The van der Waals surface area contributed by atoms with E-state index >= 15 is 0 Å². The number of hydrogen-bond acceptors (Lipinski definition) is 15. The molecular weight excluding hydrogens is 833 g/mol. The summed E-state index contributed by atoms with van der Waals surface area (Å²) in [7, 11) is -8.59. The van der Waals surface area contributed by atoms with Crippen LogP contribution in [0, 0.1) is 0 Å². The lowest BCUT2D eigenvalue weighted by Gasteiger charge is -2.19. The summed E-state index contributed by atoms with van der Waals surface area (Å²) in [6.45, 7) is 8.56. The number of aliphatic hydroxyl groups excluding tert-OH is 2. The molecule has 19 heteroatoms. The van der Waals surface area contributed by atoms with E-state index in [1.807, 2.05) is 18.6 Å². The van der Waals surface area contributed by atoms with Crippen LogP contribution in [-0.4, -0.2) is 83.4 Å². The standard InChI is InChI=1S/C22H28N2O7S.C20H26N2O6S/c1-4-5-11-23-19-12-17(22(27)30-14-15(2)25)13-20(32(28,29)24-16(3)26)21(19)31-18-9-7-6-8-10-18;1-3-4-10-22-17-11-15(20(24)27-13-14(2)23)12-18(29(21,25)26)19(17)28-16-8-6-5-7-9-16/h6-10,12-13,15,23,25H,4-5,11,14H2,1-3H3,(H,24,26);5-9,11-12,14,22-23H,3-4,10,13H2,1-2H3,(H2,21,25,26). The largest absolute Gasteiger partial charge is 0.459 e. The SMILES string of the molecule is CCCCNc1cc(C(=O)OCC(C)O)cc(S(=O)(=O)NC(C)=O)c1Oc1ccccc1.CCCCNc1cc(C(=O)OCC(C)O)cc(S(N)(=O)=O)c1Oc1ccccc1. The molecule has 0 saturated carbocycles. The van der Waals surface area contributed by atoms with Crippen molar-refractivity contribution < 1.29 is 60.4 Å². The van der Waals surface area contributed by atoms with E-state index in [9.17, 15) is 41.4 Å². The third-order valence-corrected chi connectivity index (χ3v) is 10.3. The van der Waals surface area contributed by atoms with Crippen molar-refractivity contribution in [2.45, 2.75) is 82.3 Å². The fourth-order valence-corrected chi connectivity index (χ4v) is 7.01. The van der Waals surface area contributed by atoms with Gasteiger partial charge in [-0.1, -0.05) is 63.1 Å². The van der Waals surface area contributed by atoms with Crippen LogP contribution in [0.2, 0.25) is 0 Å². The smallest absolute Gasteiger partial charge is 0.338 e. The predicted molar refractivity (Wildman–Crippen MR) is 229 cm³/mol. The molecule has 0 saturated heterocycles. The molecule has 0 heterocycles. The third-order valence-electron chi connectivity index (χ3n) is 7.98. The molecule has 0 spiro atoms. The van der Waals surface area contributed by atoms with Gasteiger partial charge < -0.3 is 39.8 Å². The number of benzene rings is 4. The number of rotatable bonds is 21. The highest BCUT2D eigenvalue weighted by atomic mass is 32.2. The van der Waals surface area contributed by atoms with Crippen molar-refractivity contribution in [1.29, 1.82) is 0 Å². The number of unbranched alkanes of at least 4 members (excludes halogenated alkanes) is 2. The van der Waals surface area contributed by atoms with Crippen molar-refractivity contribution >= 4 is 49.3 Å². The predicted octanol–water partition coefficient (Wildman–Crippen LogP) is 5.93. The monoisotopic (exact) mass is 886 g/mol. The van der Waals surface area contributed by atoms with Crippen LogP contribution in [0.5, 0.6) is 23.0 Å². The molecular formula is C42H54N4O13S2. The number of carbonyl (C=O) groups is 3. The minimum atomic E-state index is -4.37. The summed E-state index contributed by atoms with van der Waals surface area (Å²) < 4.78 is 74.0. The van der Waals surface area contributed by atoms with Gasteiger partial charge in [-0.15, -0.1) is 0 Å². The number of aliphatic hydroxyl groups is 2. The minimum absolute atomic E-state index is 0.00174. The molecule has 0 aliphatic rings. The maximum atomic E-state index is 12.9. The molecule has 0 aromatic heterocycles. The van der Waals surface area contributed by atoms with E-state index < -0.39 is 55.0 Å². The Balaban J connectivity index is 0.000000327. The summed E-state index contributed by atoms with van der Waals surface area (Å²) >= 11 is 0. The van der Waals surface area contributed by atoms with Crippen LogP contribution >= 0.6 is 0 Å². The lowest BCUT2D eigenvalue weighted by molar-refractivity contribution is -0.117. The van der Waals surface area contributed by atoms with Crippen molar-refractivity contribution in [3.05, 3.63) is 96.1 Å². The van der Waals surface area contributed by atoms with Gasteiger partial charge >= 0.3 is 11.9 Å². The second-order valence-corrected chi connectivity index (χ2v) is 16.9. The molecule has 2 atom stereocenters. The Kier molecular flexibility index (Phi) is 19.4. The van der Waals surface area contributed by atoms with Gasteiger partial charge in [0.2, 0.25) is 15.9 Å². The van der Waals surface area contributed by atoms with Crippen LogP contribution in [0.4, 0.5) is 11.4 Å². The second kappa shape index (κ2) is 23.9. The summed E-state index contributed by atoms with van der Waals surface area (Å²) in [5.41, 5.74) is 0.457. The van der Waals surface area contributed by atoms with Crippen molar-refractivity contribution in [3.63, 3.8) is 0 Å². The number of hydrogen-bond donors (Lipinski definition) is 6. The van der Waals surface area contributed by atoms with Gasteiger partial charge in [0.05, 0.1) is 34.7 Å². The van der Waals surface area contributed by atoms with E-state index in [0.29, 0.717) is 30.3 Å². The van der Waals surface area contributed by atoms with Gasteiger partial charge in [-0.3, -0.25) is 4.79 Å². The van der Waals surface area contributed by atoms with Crippen LogP contribution in [-0.2, 0) is 34.3 Å². The zero-order chi connectivity index (χ0) is 45.2. The van der Waals surface area contributed by atoms with E-state index in [1.54, 1.807) is 60.7 Å². The average molecular weight is 887 g/mol. The van der Waals surface area contributed by atoms with Gasteiger partial charge in [0.25, 0.3) is 10.0 Å². The number of primary sulfonamides is 1. The lowest BCUT2D eigenvalue weighted by atomic mass is 10.1. The number of nitrogens with one attached hydrogen (secondary N) is 3. The molecule has 0 aliphatic heterocycles. The lowest BCUT2D eigenvalue weighted by Crippen LogP contribution is -2.29. The first-order valence-corrected chi connectivity index (χ1v) is 22.4. The summed E-state index contributed by atoms with van der Waals surface area (Å²) in [5.74, 6) is -1.67. The molecule has 4 rings (SSSR count). The van der Waals surface area contributed by atoms with Gasteiger partial charge in [0.15, 0.2) is 11.5 Å². The Bertz CT molecular complexity index is 2290. The van der Waals surface area contributed by atoms with Crippen molar-refractivity contribution in [2.75, 3.05) is 36.9 Å². The second-order valence-electron chi connectivity index (χ2n) is 13.7. The fraction of sp³-hybridized carbons (Fsp3) is 0.357. The van der Waals surface area contributed by atoms with Crippen LogP contribution in [0.3, 0.4) is 0 Å². The molecule has 4 aromatic carbocycles.